The van der Waals surface area contributed by atoms with Gasteiger partial charge in [0, 0.05) is 6.54 Å². The van der Waals surface area contributed by atoms with Gasteiger partial charge in [0.25, 0.3) is 0 Å². The molecule has 16 heavy (non-hydrogen) atoms. The highest BCUT2D eigenvalue weighted by Gasteiger charge is 2.29. The van der Waals surface area contributed by atoms with Crippen LogP contribution in [0.15, 0.2) is 0 Å². The molecule has 92 valence electrons. The zero-order chi connectivity index (χ0) is 11.4. The van der Waals surface area contributed by atoms with Crippen LogP contribution < -0.4 is 10.6 Å². The molecule has 2 fully saturated rings. The van der Waals surface area contributed by atoms with Crippen LogP contribution in [0.3, 0.4) is 0 Å². The smallest absolute Gasteiger partial charge is 0.246 e. The van der Waals surface area contributed by atoms with E-state index in [1.54, 1.807) is 0 Å². The lowest BCUT2D eigenvalue weighted by Crippen LogP contribution is -2.39. The first-order chi connectivity index (χ1) is 7.78. The van der Waals surface area contributed by atoms with Crippen molar-refractivity contribution in [2.24, 2.45) is 11.8 Å². The Morgan fingerprint density at radius 2 is 2.00 bits per heavy atom. The van der Waals surface area contributed by atoms with Crippen molar-refractivity contribution in [2.75, 3.05) is 26.7 Å². The maximum absolute atomic E-state index is 11.4. The second-order valence-electron chi connectivity index (χ2n) is 5.08. The van der Waals surface area contributed by atoms with Gasteiger partial charge in [-0.05, 0) is 51.1 Å². The fraction of sp³-hybridized carbons (Fsp3) is 0.917. The summed E-state index contributed by atoms with van der Waals surface area (Å²) in [6, 6.07) is 0. The van der Waals surface area contributed by atoms with Gasteiger partial charge in [0.2, 0.25) is 5.91 Å². The number of hydrogen-bond acceptors (Lipinski definition) is 3. The Kier molecular flexibility index (Phi) is 4.18. The summed E-state index contributed by atoms with van der Waals surface area (Å²) >= 11 is 0. The molecule has 1 amide bonds. The molecule has 2 rings (SSSR count). The predicted molar refractivity (Wildman–Crippen MR) is 62.1 cm³/mol. The minimum absolute atomic E-state index is 0.0453. The molecule has 0 radical (unpaired) electrons. The van der Waals surface area contributed by atoms with Crippen molar-refractivity contribution < 1.29 is 9.53 Å². The monoisotopic (exact) mass is 226 g/mol. The van der Waals surface area contributed by atoms with Gasteiger partial charge in [-0.2, -0.15) is 0 Å². The van der Waals surface area contributed by atoms with E-state index in [0.717, 1.165) is 37.8 Å². The molecule has 2 N–H and O–H groups in total. The van der Waals surface area contributed by atoms with E-state index in [0.29, 0.717) is 6.10 Å². The van der Waals surface area contributed by atoms with Gasteiger partial charge in [-0.1, -0.05) is 0 Å². The molecule has 0 spiro atoms. The van der Waals surface area contributed by atoms with Crippen molar-refractivity contribution in [3.05, 3.63) is 0 Å². The van der Waals surface area contributed by atoms with Crippen molar-refractivity contribution in [3.63, 3.8) is 0 Å². The average molecular weight is 226 g/mol. The normalized spacial score (nSPS) is 28.6. The maximum atomic E-state index is 11.4. The molecule has 4 nitrogen and oxygen atoms in total. The van der Waals surface area contributed by atoms with Gasteiger partial charge < -0.3 is 15.4 Å². The summed E-state index contributed by atoms with van der Waals surface area (Å²) in [6.07, 6.45) is 5.04. The first-order valence-corrected chi connectivity index (χ1v) is 6.31. The van der Waals surface area contributed by atoms with E-state index in [1.165, 1.54) is 12.8 Å². The lowest BCUT2D eigenvalue weighted by Gasteiger charge is -2.34. The van der Waals surface area contributed by atoms with Crippen molar-refractivity contribution in [3.8, 4) is 0 Å². The van der Waals surface area contributed by atoms with Crippen LogP contribution >= 0.6 is 0 Å². The molecule has 0 bridgehead atoms. The van der Waals surface area contributed by atoms with Crippen LogP contribution in [0.25, 0.3) is 0 Å². The van der Waals surface area contributed by atoms with Gasteiger partial charge >= 0.3 is 0 Å². The van der Waals surface area contributed by atoms with Gasteiger partial charge in [0.1, 0.15) is 6.61 Å². The Balaban J connectivity index is 1.46. The quantitative estimate of drug-likeness (QED) is 0.665. The van der Waals surface area contributed by atoms with Crippen molar-refractivity contribution >= 4 is 5.91 Å². The Morgan fingerprint density at radius 3 is 2.62 bits per heavy atom. The van der Waals surface area contributed by atoms with Crippen molar-refractivity contribution in [1.82, 2.24) is 10.6 Å². The van der Waals surface area contributed by atoms with E-state index >= 15 is 0 Å². The molecular weight excluding hydrogens is 204 g/mol. The Bertz CT molecular complexity index is 235. The number of carbonyl (C=O) groups excluding carboxylic acids is 1. The molecule has 0 aromatic heterocycles. The third-order valence-electron chi connectivity index (χ3n) is 3.42. The van der Waals surface area contributed by atoms with Gasteiger partial charge in [0.05, 0.1) is 6.10 Å². The Morgan fingerprint density at radius 1 is 1.25 bits per heavy atom. The number of carbonyl (C=O) groups is 1. The van der Waals surface area contributed by atoms with Crippen molar-refractivity contribution in [1.29, 1.82) is 0 Å². The van der Waals surface area contributed by atoms with E-state index < -0.39 is 0 Å². The molecule has 0 unspecified atom stereocenters. The van der Waals surface area contributed by atoms with E-state index in [1.807, 2.05) is 7.05 Å². The van der Waals surface area contributed by atoms with Crippen LogP contribution in [0.2, 0.25) is 0 Å². The highest BCUT2D eigenvalue weighted by atomic mass is 16.5. The van der Waals surface area contributed by atoms with Gasteiger partial charge in [-0.3, -0.25) is 4.79 Å². The molecule has 2 saturated carbocycles. The summed E-state index contributed by atoms with van der Waals surface area (Å²) in [4.78, 5) is 11.4. The summed E-state index contributed by atoms with van der Waals surface area (Å²) < 4.78 is 5.53. The second-order valence-corrected chi connectivity index (χ2v) is 5.08. The largest absolute Gasteiger partial charge is 0.368 e. The summed E-state index contributed by atoms with van der Waals surface area (Å²) in [6.45, 7) is 2.15. The number of nitrogens with one attached hydrogen (secondary N) is 2. The third-order valence-corrected chi connectivity index (χ3v) is 3.42. The number of ether oxygens (including phenoxy) is 1. The van der Waals surface area contributed by atoms with Crippen molar-refractivity contribution in [2.45, 2.75) is 31.8 Å². The summed E-state index contributed by atoms with van der Waals surface area (Å²) in [5, 5.41) is 6.07. The zero-order valence-electron chi connectivity index (χ0n) is 10.00. The van der Waals surface area contributed by atoms with E-state index in [4.69, 9.17) is 4.74 Å². The lowest BCUT2D eigenvalue weighted by molar-refractivity contribution is -0.131. The molecule has 0 heterocycles. The molecule has 0 aliphatic heterocycles. The average Bonchev–Trinajstić information content (AvgIpc) is 3.02. The number of rotatable bonds is 7. The van der Waals surface area contributed by atoms with Crippen LogP contribution in [0.5, 0.6) is 0 Å². The van der Waals surface area contributed by atoms with Crippen LogP contribution in [0.1, 0.15) is 25.7 Å². The first kappa shape index (κ1) is 11.9. The molecular formula is C12H22N2O2. The summed E-state index contributed by atoms with van der Waals surface area (Å²) in [7, 11) is 1.97. The summed E-state index contributed by atoms with van der Waals surface area (Å²) in [5.74, 6) is 1.53. The zero-order valence-corrected chi connectivity index (χ0v) is 10.00. The first-order valence-electron chi connectivity index (χ1n) is 6.31. The molecule has 0 aromatic carbocycles. The van der Waals surface area contributed by atoms with Gasteiger partial charge in [-0.25, -0.2) is 0 Å². The fourth-order valence-corrected chi connectivity index (χ4v) is 2.09. The van der Waals surface area contributed by atoms with Gasteiger partial charge in [0.15, 0.2) is 0 Å². The lowest BCUT2D eigenvalue weighted by atomic mass is 9.82. The fourth-order valence-electron chi connectivity index (χ4n) is 2.09. The van der Waals surface area contributed by atoms with E-state index in [2.05, 4.69) is 10.6 Å². The Labute approximate surface area is 97.1 Å². The molecule has 4 heteroatoms. The number of amides is 1. The molecule has 2 aliphatic rings. The second kappa shape index (κ2) is 5.64. The van der Waals surface area contributed by atoms with Gasteiger partial charge in [-0.15, -0.1) is 0 Å². The topological polar surface area (TPSA) is 50.4 Å². The minimum atomic E-state index is 0.0453. The van der Waals surface area contributed by atoms with Crippen LogP contribution in [0.4, 0.5) is 0 Å². The summed E-state index contributed by atoms with van der Waals surface area (Å²) in [5.41, 5.74) is 0. The Hall–Kier alpha value is -0.610. The minimum Gasteiger partial charge on any atom is -0.368 e. The maximum Gasteiger partial charge on any atom is 0.246 e. The highest BCUT2D eigenvalue weighted by molar-refractivity contribution is 5.77. The molecule has 0 aromatic rings. The SMILES string of the molecule is CNCC1CC(OCC(=O)NCC2CC2)C1. The highest BCUT2D eigenvalue weighted by Crippen LogP contribution is 2.29. The predicted octanol–water partition coefficient (Wildman–Crippen LogP) is 0.527. The van der Waals surface area contributed by atoms with Crippen LogP contribution in [0, 0.1) is 11.8 Å². The van der Waals surface area contributed by atoms with E-state index in [9.17, 15) is 4.79 Å². The third kappa shape index (κ3) is 3.76. The van der Waals surface area contributed by atoms with Crippen LogP contribution in [-0.2, 0) is 9.53 Å². The van der Waals surface area contributed by atoms with Crippen LogP contribution in [-0.4, -0.2) is 38.8 Å². The molecule has 0 saturated heterocycles. The van der Waals surface area contributed by atoms with E-state index in [-0.39, 0.29) is 12.5 Å². The molecule has 2 aliphatic carbocycles. The standard InChI is InChI=1S/C12H22N2O2/c1-13-6-10-4-11(5-10)16-8-12(15)14-7-9-2-3-9/h9-11,13H,2-8H2,1H3,(H,14,15). The molecule has 0 atom stereocenters. The number of hydrogen-bond donors (Lipinski definition) is 2.